The lowest BCUT2D eigenvalue weighted by molar-refractivity contribution is -0.123. The molecule has 19 heavy (non-hydrogen) atoms. The third-order valence-corrected chi connectivity index (χ3v) is 2.83. The SMILES string of the molecule is COCCNC(=O)C(C)NCc1cc(C)ccc1O. The van der Waals surface area contributed by atoms with Gasteiger partial charge in [-0.3, -0.25) is 4.79 Å². The van der Waals surface area contributed by atoms with Crippen LogP contribution in [0.3, 0.4) is 0 Å². The van der Waals surface area contributed by atoms with Crippen molar-refractivity contribution < 1.29 is 14.6 Å². The fraction of sp³-hybridized carbons (Fsp3) is 0.500. The molecule has 0 spiro atoms. The number of methoxy groups -OCH3 is 1. The molecule has 1 rings (SSSR count). The van der Waals surface area contributed by atoms with Crippen LogP contribution < -0.4 is 10.6 Å². The first kappa shape index (κ1) is 15.5. The maximum absolute atomic E-state index is 11.7. The van der Waals surface area contributed by atoms with Gasteiger partial charge in [0.25, 0.3) is 0 Å². The highest BCUT2D eigenvalue weighted by atomic mass is 16.5. The van der Waals surface area contributed by atoms with Crippen LogP contribution in [-0.4, -0.2) is 37.3 Å². The van der Waals surface area contributed by atoms with E-state index in [0.717, 1.165) is 11.1 Å². The van der Waals surface area contributed by atoms with Gasteiger partial charge >= 0.3 is 0 Å². The molecule has 1 atom stereocenters. The number of carbonyl (C=O) groups excluding carboxylic acids is 1. The van der Waals surface area contributed by atoms with E-state index in [1.807, 2.05) is 19.1 Å². The van der Waals surface area contributed by atoms with Gasteiger partial charge in [-0.15, -0.1) is 0 Å². The van der Waals surface area contributed by atoms with Crippen molar-refractivity contribution in [3.05, 3.63) is 29.3 Å². The van der Waals surface area contributed by atoms with Crippen molar-refractivity contribution in [3.63, 3.8) is 0 Å². The van der Waals surface area contributed by atoms with Crippen molar-refractivity contribution in [2.75, 3.05) is 20.3 Å². The Bertz CT molecular complexity index is 421. The molecule has 1 amide bonds. The second kappa shape index (κ2) is 7.76. The van der Waals surface area contributed by atoms with Gasteiger partial charge in [0.05, 0.1) is 12.6 Å². The Kier molecular flexibility index (Phi) is 6.32. The summed E-state index contributed by atoms with van der Waals surface area (Å²) >= 11 is 0. The van der Waals surface area contributed by atoms with Crippen LogP contribution in [0.2, 0.25) is 0 Å². The Labute approximate surface area is 114 Å². The van der Waals surface area contributed by atoms with Gasteiger partial charge in [-0.05, 0) is 19.9 Å². The molecular formula is C14H22N2O3. The van der Waals surface area contributed by atoms with E-state index in [2.05, 4.69) is 10.6 Å². The number of hydrogen-bond acceptors (Lipinski definition) is 4. The van der Waals surface area contributed by atoms with Crippen molar-refractivity contribution >= 4 is 5.91 Å². The molecule has 1 aromatic carbocycles. The molecule has 0 radical (unpaired) electrons. The van der Waals surface area contributed by atoms with Gasteiger partial charge in [0.1, 0.15) is 5.75 Å². The van der Waals surface area contributed by atoms with Gasteiger partial charge in [-0.2, -0.15) is 0 Å². The molecule has 0 heterocycles. The van der Waals surface area contributed by atoms with Crippen LogP contribution in [0.15, 0.2) is 18.2 Å². The van der Waals surface area contributed by atoms with Crippen LogP contribution in [0.4, 0.5) is 0 Å². The first-order valence-electron chi connectivity index (χ1n) is 6.33. The van der Waals surface area contributed by atoms with Gasteiger partial charge in [-0.1, -0.05) is 17.7 Å². The van der Waals surface area contributed by atoms with E-state index in [1.54, 1.807) is 20.1 Å². The first-order valence-corrected chi connectivity index (χ1v) is 6.33. The number of carbonyl (C=O) groups is 1. The van der Waals surface area contributed by atoms with Crippen molar-refractivity contribution in [1.29, 1.82) is 0 Å². The molecule has 0 aliphatic heterocycles. The molecule has 0 bridgehead atoms. The fourth-order valence-electron chi connectivity index (χ4n) is 1.64. The van der Waals surface area contributed by atoms with Crippen LogP contribution in [-0.2, 0) is 16.1 Å². The van der Waals surface area contributed by atoms with Crippen LogP contribution in [0.5, 0.6) is 5.75 Å². The average Bonchev–Trinajstić information content (AvgIpc) is 2.39. The summed E-state index contributed by atoms with van der Waals surface area (Å²) in [5, 5.41) is 15.5. The zero-order valence-corrected chi connectivity index (χ0v) is 11.7. The molecule has 0 fully saturated rings. The molecule has 5 nitrogen and oxygen atoms in total. The summed E-state index contributed by atoms with van der Waals surface area (Å²) < 4.78 is 4.86. The second-order valence-corrected chi connectivity index (χ2v) is 4.52. The predicted molar refractivity (Wildman–Crippen MR) is 74.0 cm³/mol. The largest absolute Gasteiger partial charge is 0.508 e. The molecule has 3 N–H and O–H groups in total. The third kappa shape index (κ3) is 5.28. The number of benzene rings is 1. The summed E-state index contributed by atoms with van der Waals surface area (Å²) in [5.41, 5.74) is 1.86. The molecule has 0 aliphatic rings. The van der Waals surface area contributed by atoms with Crippen LogP contribution in [0.25, 0.3) is 0 Å². The quantitative estimate of drug-likeness (QED) is 0.642. The lowest BCUT2D eigenvalue weighted by atomic mass is 10.1. The number of phenols is 1. The Morgan fingerprint density at radius 1 is 1.47 bits per heavy atom. The summed E-state index contributed by atoms with van der Waals surface area (Å²) in [4.78, 5) is 11.7. The normalized spacial score (nSPS) is 12.2. The summed E-state index contributed by atoms with van der Waals surface area (Å²) in [6, 6.07) is 5.09. The van der Waals surface area contributed by atoms with Crippen molar-refractivity contribution in [1.82, 2.24) is 10.6 Å². The number of aromatic hydroxyl groups is 1. The van der Waals surface area contributed by atoms with Crippen LogP contribution >= 0.6 is 0 Å². The number of ether oxygens (including phenoxy) is 1. The first-order chi connectivity index (χ1) is 9.04. The molecule has 0 aliphatic carbocycles. The molecule has 0 saturated heterocycles. The van der Waals surface area contributed by atoms with E-state index < -0.39 is 0 Å². The van der Waals surface area contributed by atoms with Gasteiger partial charge in [-0.25, -0.2) is 0 Å². The molecule has 0 aromatic heterocycles. The minimum absolute atomic E-state index is 0.0795. The summed E-state index contributed by atoms with van der Waals surface area (Å²) in [6.07, 6.45) is 0. The van der Waals surface area contributed by atoms with Crippen molar-refractivity contribution in [3.8, 4) is 5.75 Å². The van der Waals surface area contributed by atoms with E-state index in [4.69, 9.17) is 4.74 Å². The van der Waals surface area contributed by atoms with E-state index in [1.165, 1.54) is 0 Å². The maximum Gasteiger partial charge on any atom is 0.236 e. The Hall–Kier alpha value is -1.59. The van der Waals surface area contributed by atoms with Crippen molar-refractivity contribution in [2.45, 2.75) is 26.4 Å². The standard InChI is InChI=1S/C14H22N2O3/c1-10-4-5-13(17)12(8-10)9-16-11(2)14(18)15-6-7-19-3/h4-5,8,11,16-17H,6-7,9H2,1-3H3,(H,15,18). The third-order valence-electron chi connectivity index (χ3n) is 2.83. The molecular weight excluding hydrogens is 244 g/mol. The van der Waals surface area contributed by atoms with Crippen LogP contribution in [0, 0.1) is 6.92 Å². The van der Waals surface area contributed by atoms with E-state index in [9.17, 15) is 9.90 Å². The molecule has 106 valence electrons. The highest BCUT2D eigenvalue weighted by Crippen LogP contribution is 2.17. The van der Waals surface area contributed by atoms with Gasteiger partial charge < -0.3 is 20.5 Å². The van der Waals surface area contributed by atoms with E-state index in [-0.39, 0.29) is 17.7 Å². The van der Waals surface area contributed by atoms with Gasteiger partial charge in [0.2, 0.25) is 5.91 Å². The average molecular weight is 266 g/mol. The molecule has 5 heteroatoms. The Balaban J connectivity index is 2.42. The Morgan fingerprint density at radius 2 is 2.21 bits per heavy atom. The topological polar surface area (TPSA) is 70.6 Å². The summed E-state index contributed by atoms with van der Waals surface area (Å²) in [6.45, 7) is 5.19. The number of hydrogen-bond donors (Lipinski definition) is 3. The highest BCUT2D eigenvalue weighted by molar-refractivity contribution is 5.81. The maximum atomic E-state index is 11.7. The number of rotatable bonds is 7. The lowest BCUT2D eigenvalue weighted by Gasteiger charge is -2.14. The number of aryl methyl sites for hydroxylation is 1. The predicted octanol–water partition coefficient (Wildman–Crippen LogP) is 0.941. The number of phenolic OH excluding ortho intramolecular Hbond substituents is 1. The minimum Gasteiger partial charge on any atom is -0.508 e. The second-order valence-electron chi connectivity index (χ2n) is 4.52. The monoisotopic (exact) mass is 266 g/mol. The molecule has 1 aromatic rings. The smallest absolute Gasteiger partial charge is 0.236 e. The summed E-state index contributed by atoms with van der Waals surface area (Å²) in [7, 11) is 1.59. The minimum atomic E-state index is -0.322. The van der Waals surface area contributed by atoms with Gasteiger partial charge in [0.15, 0.2) is 0 Å². The Morgan fingerprint density at radius 3 is 2.89 bits per heavy atom. The van der Waals surface area contributed by atoms with Gasteiger partial charge in [0, 0.05) is 25.8 Å². The fourth-order valence-corrected chi connectivity index (χ4v) is 1.64. The molecule has 0 saturated carbocycles. The van der Waals surface area contributed by atoms with Crippen LogP contribution in [0.1, 0.15) is 18.1 Å². The van der Waals surface area contributed by atoms with E-state index in [0.29, 0.717) is 19.7 Å². The zero-order chi connectivity index (χ0) is 14.3. The summed E-state index contributed by atoms with van der Waals surface area (Å²) in [5.74, 6) is 0.161. The number of nitrogens with one attached hydrogen (secondary N) is 2. The van der Waals surface area contributed by atoms with Crippen molar-refractivity contribution in [2.24, 2.45) is 0 Å². The van der Waals surface area contributed by atoms with E-state index >= 15 is 0 Å². The number of amides is 1. The molecule has 1 unspecified atom stereocenters. The highest BCUT2D eigenvalue weighted by Gasteiger charge is 2.12. The lowest BCUT2D eigenvalue weighted by Crippen LogP contribution is -2.42. The zero-order valence-electron chi connectivity index (χ0n) is 11.7.